The van der Waals surface area contributed by atoms with Crippen molar-refractivity contribution in [1.82, 2.24) is 9.80 Å². The van der Waals surface area contributed by atoms with Gasteiger partial charge in [-0.25, -0.2) is 0 Å². The van der Waals surface area contributed by atoms with Crippen molar-refractivity contribution in [2.75, 3.05) is 52.5 Å². The fourth-order valence-electron chi connectivity index (χ4n) is 4.39. The summed E-state index contributed by atoms with van der Waals surface area (Å²) in [5, 5.41) is 12.1. The molecule has 0 saturated carbocycles. The van der Waals surface area contributed by atoms with Crippen LogP contribution in [-0.4, -0.2) is 73.4 Å². The van der Waals surface area contributed by atoms with Gasteiger partial charge in [0, 0.05) is 45.2 Å². The quantitative estimate of drug-likeness (QED) is 0.874. The van der Waals surface area contributed by atoms with Gasteiger partial charge in [0.15, 0.2) is 0 Å². The van der Waals surface area contributed by atoms with Crippen LogP contribution < -0.4 is 0 Å². The molecule has 5 nitrogen and oxygen atoms in total. The molecule has 144 valence electrons. The molecule has 5 heteroatoms. The standard InChI is InChI=1S/C22H28N2O3/c25-16-20-15-24(14-19(20)13-23-8-10-27-11-9-23)22(26)12-18-6-3-5-17-4-1-2-7-21(17)18/h1-7,19-20,25H,8-16H2/t19-,20-/m1/s1. The highest BCUT2D eigenvalue weighted by atomic mass is 16.5. The zero-order valence-electron chi connectivity index (χ0n) is 15.7. The van der Waals surface area contributed by atoms with Gasteiger partial charge in [0.1, 0.15) is 0 Å². The van der Waals surface area contributed by atoms with Crippen LogP contribution in [-0.2, 0) is 16.0 Å². The molecule has 4 rings (SSSR count). The topological polar surface area (TPSA) is 53.0 Å². The van der Waals surface area contributed by atoms with Gasteiger partial charge in [-0.2, -0.15) is 0 Å². The summed E-state index contributed by atoms with van der Waals surface area (Å²) in [5.41, 5.74) is 1.08. The molecule has 27 heavy (non-hydrogen) atoms. The van der Waals surface area contributed by atoms with E-state index in [1.54, 1.807) is 0 Å². The Balaban J connectivity index is 1.42. The molecule has 2 saturated heterocycles. The number of rotatable bonds is 5. The third-order valence-corrected chi connectivity index (χ3v) is 5.98. The maximum Gasteiger partial charge on any atom is 0.227 e. The summed E-state index contributed by atoms with van der Waals surface area (Å²) >= 11 is 0. The summed E-state index contributed by atoms with van der Waals surface area (Å²) in [4.78, 5) is 17.3. The van der Waals surface area contributed by atoms with Crippen molar-refractivity contribution in [3.8, 4) is 0 Å². The Hall–Kier alpha value is -1.95. The van der Waals surface area contributed by atoms with Gasteiger partial charge in [-0.05, 0) is 22.3 Å². The van der Waals surface area contributed by atoms with E-state index >= 15 is 0 Å². The summed E-state index contributed by atoms with van der Waals surface area (Å²) in [6.07, 6.45) is 0.420. The predicted molar refractivity (Wildman–Crippen MR) is 106 cm³/mol. The number of likely N-dealkylation sites (tertiary alicyclic amines) is 1. The number of amides is 1. The van der Waals surface area contributed by atoms with Gasteiger partial charge in [0.05, 0.1) is 19.6 Å². The van der Waals surface area contributed by atoms with Crippen LogP contribution in [0.5, 0.6) is 0 Å². The van der Waals surface area contributed by atoms with Crippen molar-refractivity contribution < 1.29 is 14.6 Å². The van der Waals surface area contributed by atoms with Gasteiger partial charge in [0.2, 0.25) is 5.91 Å². The lowest BCUT2D eigenvalue weighted by Crippen LogP contribution is -2.41. The van der Waals surface area contributed by atoms with Gasteiger partial charge >= 0.3 is 0 Å². The minimum atomic E-state index is 0.146. The number of benzene rings is 2. The van der Waals surface area contributed by atoms with Gasteiger partial charge in [-0.3, -0.25) is 9.69 Å². The van der Waals surface area contributed by atoms with E-state index in [9.17, 15) is 9.90 Å². The molecular formula is C22H28N2O3. The number of aliphatic hydroxyl groups is 1. The average molecular weight is 368 g/mol. The summed E-state index contributed by atoms with van der Waals surface area (Å²) in [5.74, 6) is 0.670. The van der Waals surface area contributed by atoms with Crippen molar-refractivity contribution >= 4 is 16.7 Å². The first-order valence-corrected chi connectivity index (χ1v) is 9.90. The SMILES string of the molecule is O=C(Cc1cccc2ccccc12)N1C[C@@H](CN2CCOCC2)[C@@H](CO)C1. The Morgan fingerprint density at radius 3 is 2.59 bits per heavy atom. The molecule has 1 amide bonds. The van der Waals surface area contributed by atoms with E-state index in [1.807, 2.05) is 29.2 Å². The van der Waals surface area contributed by atoms with Crippen LogP contribution in [0.3, 0.4) is 0 Å². The van der Waals surface area contributed by atoms with E-state index in [2.05, 4.69) is 23.1 Å². The van der Waals surface area contributed by atoms with Crippen molar-refractivity contribution in [2.24, 2.45) is 11.8 Å². The van der Waals surface area contributed by atoms with Gasteiger partial charge in [-0.15, -0.1) is 0 Å². The van der Waals surface area contributed by atoms with Crippen LogP contribution in [0.25, 0.3) is 10.8 Å². The van der Waals surface area contributed by atoms with E-state index in [0.717, 1.165) is 50.3 Å². The molecule has 2 aliphatic rings. The number of hydrogen-bond donors (Lipinski definition) is 1. The molecule has 0 aliphatic carbocycles. The smallest absolute Gasteiger partial charge is 0.227 e. The van der Waals surface area contributed by atoms with Gasteiger partial charge in [-0.1, -0.05) is 42.5 Å². The molecule has 0 aromatic heterocycles. The Labute approximate surface area is 160 Å². The Morgan fingerprint density at radius 2 is 1.78 bits per heavy atom. The second-order valence-corrected chi connectivity index (χ2v) is 7.73. The zero-order chi connectivity index (χ0) is 18.6. The number of morpholine rings is 1. The molecule has 1 N–H and O–H groups in total. The summed E-state index contributed by atoms with van der Waals surface area (Å²) in [6, 6.07) is 14.4. The van der Waals surface area contributed by atoms with E-state index < -0.39 is 0 Å². The Bertz CT molecular complexity index is 783. The van der Waals surface area contributed by atoms with Crippen LogP contribution in [0.1, 0.15) is 5.56 Å². The fourth-order valence-corrected chi connectivity index (χ4v) is 4.39. The molecular weight excluding hydrogens is 340 g/mol. The van der Waals surface area contributed by atoms with E-state index in [-0.39, 0.29) is 18.4 Å². The highest BCUT2D eigenvalue weighted by Gasteiger charge is 2.35. The summed E-state index contributed by atoms with van der Waals surface area (Å²) < 4.78 is 5.42. The van der Waals surface area contributed by atoms with E-state index in [1.165, 1.54) is 5.39 Å². The van der Waals surface area contributed by atoms with Crippen molar-refractivity contribution in [3.63, 3.8) is 0 Å². The predicted octanol–water partition coefficient (Wildman–Crippen LogP) is 1.78. The van der Waals surface area contributed by atoms with E-state index in [0.29, 0.717) is 18.9 Å². The Kier molecular flexibility index (Phi) is 5.72. The molecule has 2 atom stereocenters. The molecule has 2 heterocycles. The number of ether oxygens (including phenoxy) is 1. The monoisotopic (exact) mass is 368 g/mol. The lowest BCUT2D eigenvalue weighted by molar-refractivity contribution is -0.129. The van der Waals surface area contributed by atoms with E-state index in [4.69, 9.17) is 4.74 Å². The largest absolute Gasteiger partial charge is 0.396 e. The molecule has 2 aromatic carbocycles. The number of nitrogens with zero attached hydrogens (tertiary/aromatic N) is 2. The number of carbonyl (C=O) groups is 1. The number of carbonyl (C=O) groups excluding carboxylic acids is 1. The molecule has 2 aromatic rings. The zero-order valence-corrected chi connectivity index (χ0v) is 15.7. The number of hydrogen-bond acceptors (Lipinski definition) is 4. The average Bonchev–Trinajstić information content (AvgIpc) is 3.12. The third-order valence-electron chi connectivity index (χ3n) is 5.98. The van der Waals surface area contributed by atoms with Crippen LogP contribution in [0.15, 0.2) is 42.5 Å². The first-order chi connectivity index (χ1) is 13.2. The minimum Gasteiger partial charge on any atom is -0.396 e. The second-order valence-electron chi connectivity index (χ2n) is 7.73. The molecule has 2 fully saturated rings. The summed E-state index contributed by atoms with van der Waals surface area (Å²) in [6.45, 7) is 5.93. The maximum atomic E-state index is 13.0. The van der Waals surface area contributed by atoms with Gasteiger partial charge < -0.3 is 14.7 Å². The molecule has 0 spiro atoms. The van der Waals surface area contributed by atoms with Crippen LogP contribution in [0, 0.1) is 11.8 Å². The maximum absolute atomic E-state index is 13.0. The minimum absolute atomic E-state index is 0.146. The van der Waals surface area contributed by atoms with Crippen LogP contribution in [0.2, 0.25) is 0 Å². The van der Waals surface area contributed by atoms with Crippen molar-refractivity contribution in [1.29, 1.82) is 0 Å². The number of fused-ring (bicyclic) bond motifs is 1. The first-order valence-electron chi connectivity index (χ1n) is 9.90. The molecule has 0 bridgehead atoms. The lowest BCUT2D eigenvalue weighted by atomic mass is 9.96. The fraction of sp³-hybridized carbons (Fsp3) is 0.500. The second kappa shape index (κ2) is 8.38. The molecule has 0 unspecified atom stereocenters. The highest BCUT2D eigenvalue weighted by Crippen LogP contribution is 2.26. The first kappa shape index (κ1) is 18.4. The van der Waals surface area contributed by atoms with Crippen LogP contribution in [0.4, 0.5) is 0 Å². The Morgan fingerprint density at radius 1 is 1.04 bits per heavy atom. The normalized spacial score (nSPS) is 23.8. The molecule has 0 radical (unpaired) electrons. The lowest BCUT2D eigenvalue weighted by Gasteiger charge is -2.30. The van der Waals surface area contributed by atoms with Crippen molar-refractivity contribution in [2.45, 2.75) is 6.42 Å². The summed E-state index contributed by atoms with van der Waals surface area (Å²) in [7, 11) is 0. The number of aliphatic hydroxyl groups excluding tert-OH is 1. The van der Waals surface area contributed by atoms with Crippen molar-refractivity contribution in [3.05, 3.63) is 48.0 Å². The third kappa shape index (κ3) is 4.15. The van der Waals surface area contributed by atoms with Crippen LogP contribution >= 0.6 is 0 Å². The highest BCUT2D eigenvalue weighted by molar-refractivity contribution is 5.90. The van der Waals surface area contributed by atoms with Gasteiger partial charge in [0.25, 0.3) is 0 Å². The molecule has 2 aliphatic heterocycles.